The van der Waals surface area contributed by atoms with Gasteiger partial charge in [0.15, 0.2) is 5.13 Å². The van der Waals surface area contributed by atoms with Crippen molar-refractivity contribution in [2.24, 2.45) is 5.92 Å². The Balaban J connectivity index is 1.38. The van der Waals surface area contributed by atoms with Crippen molar-refractivity contribution in [2.75, 3.05) is 30.4 Å². The Labute approximate surface area is 175 Å². The van der Waals surface area contributed by atoms with Crippen molar-refractivity contribution in [2.45, 2.75) is 19.0 Å². The van der Waals surface area contributed by atoms with Gasteiger partial charge in [-0.2, -0.15) is 13.2 Å². The first-order chi connectivity index (χ1) is 14.3. The number of aromatic nitrogens is 1. The molecule has 1 aliphatic heterocycles. The predicted octanol–water partition coefficient (Wildman–Crippen LogP) is 5.18. The van der Waals surface area contributed by atoms with Crippen LogP contribution in [-0.2, 0) is 11.0 Å². The maximum absolute atomic E-state index is 12.9. The summed E-state index contributed by atoms with van der Waals surface area (Å²) in [4.78, 5) is 19.4. The Morgan fingerprint density at radius 2 is 1.97 bits per heavy atom. The number of thiazole rings is 1. The minimum Gasteiger partial charge on any atom is -0.497 e. The fourth-order valence-electron chi connectivity index (χ4n) is 3.51. The third kappa shape index (κ3) is 4.35. The van der Waals surface area contributed by atoms with Crippen molar-refractivity contribution >= 4 is 38.3 Å². The summed E-state index contributed by atoms with van der Waals surface area (Å²) in [5.74, 6) is 0.288. The molecule has 3 aromatic rings. The van der Waals surface area contributed by atoms with Crippen LogP contribution in [-0.4, -0.2) is 31.1 Å². The first-order valence-corrected chi connectivity index (χ1v) is 10.3. The molecule has 1 saturated heterocycles. The van der Waals surface area contributed by atoms with Gasteiger partial charge in [0.1, 0.15) is 5.75 Å². The summed E-state index contributed by atoms with van der Waals surface area (Å²) in [6, 6.07) is 10.5. The zero-order valence-corrected chi connectivity index (χ0v) is 17.0. The molecule has 9 heteroatoms. The summed E-state index contributed by atoms with van der Waals surface area (Å²) in [6.45, 7) is 1.33. The maximum Gasteiger partial charge on any atom is 0.416 e. The summed E-state index contributed by atoms with van der Waals surface area (Å²) >= 11 is 1.58. The Kier molecular flexibility index (Phi) is 5.55. The van der Waals surface area contributed by atoms with Crippen molar-refractivity contribution in [3.63, 3.8) is 0 Å². The number of rotatable bonds is 4. The van der Waals surface area contributed by atoms with Crippen molar-refractivity contribution in [3.05, 3.63) is 48.0 Å². The molecule has 2 heterocycles. The van der Waals surface area contributed by atoms with Gasteiger partial charge in [-0.25, -0.2) is 4.98 Å². The molecule has 30 heavy (non-hydrogen) atoms. The average molecular weight is 435 g/mol. The van der Waals surface area contributed by atoms with E-state index in [1.807, 2.05) is 18.2 Å². The lowest BCUT2D eigenvalue weighted by molar-refractivity contribution is -0.137. The summed E-state index contributed by atoms with van der Waals surface area (Å²) in [6.07, 6.45) is -3.21. The lowest BCUT2D eigenvalue weighted by atomic mass is 9.96. The van der Waals surface area contributed by atoms with Gasteiger partial charge in [-0.15, -0.1) is 0 Å². The lowest BCUT2D eigenvalue weighted by Crippen LogP contribution is -2.38. The molecule has 0 bridgehead atoms. The zero-order chi connectivity index (χ0) is 21.3. The highest BCUT2D eigenvalue weighted by molar-refractivity contribution is 7.22. The smallest absolute Gasteiger partial charge is 0.416 e. The quantitative estimate of drug-likeness (QED) is 0.614. The van der Waals surface area contributed by atoms with Crippen LogP contribution in [0.1, 0.15) is 18.4 Å². The number of methoxy groups -OCH3 is 1. The van der Waals surface area contributed by atoms with Crippen molar-refractivity contribution < 1.29 is 22.7 Å². The fraction of sp³-hybridized carbons (Fsp3) is 0.333. The average Bonchev–Trinajstić information content (AvgIpc) is 3.16. The highest BCUT2D eigenvalue weighted by Gasteiger charge is 2.31. The van der Waals surface area contributed by atoms with Crippen molar-refractivity contribution in [1.29, 1.82) is 0 Å². The molecular weight excluding hydrogens is 415 g/mol. The Hall–Kier alpha value is -2.81. The Morgan fingerprint density at radius 1 is 1.20 bits per heavy atom. The van der Waals surface area contributed by atoms with Crippen LogP contribution in [0.2, 0.25) is 0 Å². The molecule has 4 rings (SSSR count). The number of carbonyl (C=O) groups is 1. The molecular formula is C21H20F3N3O2S. The number of nitrogens with one attached hydrogen (secondary N) is 1. The molecule has 1 amide bonds. The minimum atomic E-state index is -4.44. The van der Waals surface area contributed by atoms with Gasteiger partial charge in [0.2, 0.25) is 5.91 Å². The number of anilines is 2. The second kappa shape index (κ2) is 8.14. The number of nitrogens with zero attached hydrogens (tertiary/aromatic N) is 2. The normalized spacial score (nSPS) is 15.4. The van der Waals surface area contributed by atoms with Gasteiger partial charge in [0.05, 0.1) is 22.9 Å². The van der Waals surface area contributed by atoms with E-state index < -0.39 is 11.7 Å². The van der Waals surface area contributed by atoms with E-state index in [2.05, 4.69) is 15.2 Å². The molecule has 5 nitrogen and oxygen atoms in total. The maximum atomic E-state index is 12.9. The topological polar surface area (TPSA) is 54.5 Å². The number of hydrogen-bond acceptors (Lipinski definition) is 5. The van der Waals surface area contributed by atoms with Crippen LogP contribution in [0.25, 0.3) is 10.2 Å². The fourth-order valence-corrected chi connectivity index (χ4v) is 4.55. The van der Waals surface area contributed by atoms with Gasteiger partial charge in [-0.3, -0.25) is 4.79 Å². The molecule has 0 unspecified atom stereocenters. The van der Waals surface area contributed by atoms with Crippen LogP contribution in [0, 0.1) is 5.92 Å². The first kappa shape index (κ1) is 20.5. The SMILES string of the molecule is COc1ccc2nc(N3CCC(C(=O)Nc4cccc(C(F)(F)F)c4)CC3)sc2c1. The van der Waals surface area contributed by atoms with Crippen molar-refractivity contribution in [3.8, 4) is 5.75 Å². The van der Waals surface area contributed by atoms with Gasteiger partial charge >= 0.3 is 6.18 Å². The molecule has 0 atom stereocenters. The van der Waals surface area contributed by atoms with E-state index in [0.29, 0.717) is 25.9 Å². The first-order valence-electron chi connectivity index (χ1n) is 9.51. The molecule has 0 spiro atoms. The van der Waals surface area contributed by atoms with Crippen LogP contribution >= 0.6 is 11.3 Å². The number of carbonyl (C=O) groups excluding carboxylic acids is 1. The van der Waals surface area contributed by atoms with Gasteiger partial charge in [0, 0.05) is 24.7 Å². The van der Waals surface area contributed by atoms with Crippen LogP contribution in [0.3, 0.4) is 0 Å². The summed E-state index contributed by atoms with van der Waals surface area (Å²) in [5, 5.41) is 3.53. The number of amides is 1. The van der Waals surface area contributed by atoms with Gasteiger partial charge < -0.3 is 15.0 Å². The monoisotopic (exact) mass is 435 g/mol. The highest BCUT2D eigenvalue weighted by Crippen LogP contribution is 2.34. The van der Waals surface area contributed by atoms with Crippen LogP contribution in [0.15, 0.2) is 42.5 Å². The number of piperidine rings is 1. The van der Waals surface area contributed by atoms with E-state index in [0.717, 1.165) is 33.2 Å². The highest BCUT2D eigenvalue weighted by atomic mass is 32.1. The lowest BCUT2D eigenvalue weighted by Gasteiger charge is -2.31. The summed E-state index contributed by atoms with van der Waals surface area (Å²) in [7, 11) is 1.62. The van der Waals surface area contributed by atoms with Gasteiger partial charge in [-0.05, 0) is 49.2 Å². The van der Waals surface area contributed by atoms with E-state index in [1.165, 1.54) is 12.1 Å². The van der Waals surface area contributed by atoms with Crippen LogP contribution in [0.5, 0.6) is 5.75 Å². The van der Waals surface area contributed by atoms with Crippen LogP contribution in [0.4, 0.5) is 24.0 Å². The molecule has 2 aromatic carbocycles. The molecule has 158 valence electrons. The number of benzene rings is 2. The van der Waals surface area contributed by atoms with E-state index >= 15 is 0 Å². The van der Waals surface area contributed by atoms with Gasteiger partial charge in [-0.1, -0.05) is 17.4 Å². The standard InChI is InChI=1S/C21H20F3N3O2S/c1-29-16-5-6-17-18(12-16)30-20(26-17)27-9-7-13(8-10-27)19(28)25-15-4-2-3-14(11-15)21(22,23)24/h2-6,11-13H,7-10H2,1H3,(H,25,28). The van der Waals surface area contributed by atoms with E-state index in [9.17, 15) is 18.0 Å². The minimum absolute atomic E-state index is 0.164. The third-order valence-corrected chi connectivity index (χ3v) is 6.26. The molecule has 0 radical (unpaired) electrons. The third-order valence-electron chi connectivity index (χ3n) is 5.18. The van der Waals surface area contributed by atoms with Crippen LogP contribution < -0.4 is 15.0 Å². The molecule has 0 aliphatic carbocycles. The van der Waals surface area contributed by atoms with E-state index in [4.69, 9.17) is 4.74 Å². The van der Waals surface area contributed by atoms with Gasteiger partial charge in [0.25, 0.3) is 0 Å². The number of halogens is 3. The Morgan fingerprint density at radius 3 is 2.67 bits per heavy atom. The summed E-state index contributed by atoms with van der Waals surface area (Å²) in [5.41, 5.74) is 0.292. The molecule has 0 saturated carbocycles. The molecule has 1 fully saturated rings. The number of alkyl halides is 3. The Bertz CT molecular complexity index is 1060. The van der Waals surface area contributed by atoms with E-state index in [1.54, 1.807) is 18.4 Å². The molecule has 1 aromatic heterocycles. The zero-order valence-electron chi connectivity index (χ0n) is 16.2. The number of ether oxygens (including phenoxy) is 1. The van der Waals surface area contributed by atoms with Crippen molar-refractivity contribution in [1.82, 2.24) is 4.98 Å². The predicted molar refractivity (Wildman–Crippen MR) is 111 cm³/mol. The number of hydrogen-bond donors (Lipinski definition) is 1. The largest absolute Gasteiger partial charge is 0.497 e. The molecule has 1 N–H and O–H groups in total. The number of fused-ring (bicyclic) bond motifs is 1. The van der Waals surface area contributed by atoms with E-state index in [-0.39, 0.29) is 17.5 Å². The second-order valence-corrected chi connectivity index (χ2v) is 8.17. The summed E-state index contributed by atoms with van der Waals surface area (Å²) < 4.78 is 44.8. The second-order valence-electron chi connectivity index (χ2n) is 7.16. The molecule has 1 aliphatic rings.